The van der Waals surface area contributed by atoms with Crippen LogP contribution in [0.5, 0.6) is 0 Å². The largest absolute Gasteiger partial charge is 0.313 e. The van der Waals surface area contributed by atoms with Crippen LogP contribution in [-0.4, -0.2) is 37.6 Å². The Morgan fingerprint density at radius 1 is 0.941 bits per heavy atom. The fourth-order valence-electron chi connectivity index (χ4n) is 3.00. The van der Waals surface area contributed by atoms with E-state index in [1.165, 1.54) is 77.4 Å². The van der Waals surface area contributed by atoms with Crippen LogP contribution in [-0.2, 0) is 0 Å². The van der Waals surface area contributed by atoms with Gasteiger partial charge in [0.15, 0.2) is 0 Å². The molecule has 0 heterocycles. The van der Waals surface area contributed by atoms with Crippen molar-refractivity contribution in [2.75, 3.05) is 26.7 Å². The van der Waals surface area contributed by atoms with E-state index in [-0.39, 0.29) is 0 Å². The first-order valence-electron chi connectivity index (χ1n) is 7.76. The summed E-state index contributed by atoms with van der Waals surface area (Å²) >= 11 is 0. The van der Waals surface area contributed by atoms with Crippen molar-refractivity contribution in [1.82, 2.24) is 10.2 Å². The van der Waals surface area contributed by atoms with E-state index in [1.54, 1.807) is 0 Å². The van der Waals surface area contributed by atoms with Crippen molar-refractivity contribution in [2.45, 2.75) is 63.8 Å². The van der Waals surface area contributed by atoms with Crippen LogP contribution in [0.3, 0.4) is 0 Å². The Labute approximate surface area is 107 Å². The number of nitrogens with one attached hydrogen (secondary N) is 1. The van der Waals surface area contributed by atoms with Gasteiger partial charge in [0.1, 0.15) is 0 Å². The Morgan fingerprint density at radius 3 is 2.24 bits per heavy atom. The smallest absolute Gasteiger partial charge is 0.0104 e. The zero-order chi connectivity index (χ0) is 11.9. The quantitative estimate of drug-likeness (QED) is 0.765. The second-order valence-corrected chi connectivity index (χ2v) is 6.20. The minimum absolute atomic E-state index is 0.866. The molecule has 0 aromatic heterocycles. The second kappa shape index (κ2) is 7.38. The topological polar surface area (TPSA) is 15.3 Å². The molecule has 0 aromatic rings. The summed E-state index contributed by atoms with van der Waals surface area (Å²) in [5.74, 6) is 0.973. The molecular weight excluding hydrogens is 208 g/mol. The number of nitrogens with zero attached hydrogens (tertiary/aromatic N) is 1. The van der Waals surface area contributed by atoms with E-state index < -0.39 is 0 Å². The van der Waals surface area contributed by atoms with Gasteiger partial charge in [-0.15, -0.1) is 0 Å². The number of likely N-dealkylation sites (N-methyl/N-ethyl adjacent to an activating group) is 1. The molecule has 0 amide bonds. The summed E-state index contributed by atoms with van der Waals surface area (Å²) in [7, 11) is 2.30. The van der Waals surface area contributed by atoms with E-state index in [9.17, 15) is 0 Å². The predicted molar refractivity (Wildman–Crippen MR) is 74.3 cm³/mol. The molecule has 2 fully saturated rings. The van der Waals surface area contributed by atoms with Gasteiger partial charge >= 0.3 is 0 Å². The molecular formula is C15H30N2. The van der Waals surface area contributed by atoms with Crippen LogP contribution in [0.1, 0.15) is 57.8 Å². The van der Waals surface area contributed by atoms with Crippen molar-refractivity contribution in [2.24, 2.45) is 5.92 Å². The first-order chi connectivity index (χ1) is 8.34. The van der Waals surface area contributed by atoms with Crippen LogP contribution in [0, 0.1) is 5.92 Å². The summed E-state index contributed by atoms with van der Waals surface area (Å²) < 4.78 is 0. The van der Waals surface area contributed by atoms with Gasteiger partial charge < -0.3 is 10.2 Å². The van der Waals surface area contributed by atoms with Crippen LogP contribution in [0.2, 0.25) is 0 Å². The lowest BCUT2D eigenvalue weighted by Crippen LogP contribution is -2.33. The highest BCUT2D eigenvalue weighted by Gasteiger charge is 2.20. The maximum Gasteiger partial charge on any atom is 0.0104 e. The number of hydrogen-bond acceptors (Lipinski definition) is 2. The third-order valence-corrected chi connectivity index (χ3v) is 4.30. The van der Waals surface area contributed by atoms with E-state index in [4.69, 9.17) is 0 Å². The first kappa shape index (κ1) is 13.4. The molecule has 0 spiro atoms. The number of rotatable bonds is 6. The van der Waals surface area contributed by atoms with Crippen LogP contribution < -0.4 is 5.32 Å². The zero-order valence-corrected chi connectivity index (χ0v) is 11.6. The molecule has 0 bridgehead atoms. The summed E-state index contributed by atoms with van der Waals surface area (Å²) in [6, 6.07) is 0.866. The zero-order valence-electron chi connectivity index (χ0n) is 11.6. The van der Waals surface area contributed by atoms with Gasteiger partial charge in [0, 0.05) is 25.7 Å². The van der Waals surface area contributed by atoms with Crippen LogP contribution in [0.15, 0.2) is 0 Å². The van der Waals surface area contributed by atoms with Crippen molar-refractivity contribution < 1.29 is 0 Å². The van der Waals surface area contributed by atoms with Crippen LogP contribution in [0.25, 0.3) is 0 Å². The molecule has 100 valence electrons. The Hall–Kier alpha value is -0.0800. The van der Waals surface area contributed by atoms with E-state index in [0.29, 0.717) is 0 Å². The Balaban J connectivity index is 1.56. The summed E-state index contributed by atoms with van der Waals surface area (Å²) in [5.41, 5.74) is 0. The lowest BCUT2D eigenvalue weighted by Gasteiger charge is -2.25. The maximum absolute atomic E-state index is 3.61. The average molecular weight is 238 g/mol. The minimum atomic E-state index is 0.866. The van der Waals surface area contributed by atoms with E-state index in [2.05, 4.69) is 17.3 Å². The summed E-state index contributed by atoms with van der Waals surface area (Å²) in [5, 5.41) is 3.61. The highest BCUT2D eigenvalue weighted by atomic mass is 15.1. The molecule has 2 aliphatic carbocycles. The molecule has 0 atom stereocenters. The molecule has 2 rings (SSSR count). The Kier molecular flexibility index (Phi) is 5.79. The maximum atomic E-state index is 3.61. The fraction of sp³-hybridized carbons (Fsp3) is 1.00. The van der Waals surface area contributed by atoms with Gasteiger partial charge in [-0.1, -0.05) is 32.1 Å². The fourth-order valence-corrected chi connectivity index (χ4v) is 3.00. The van der Waals surface area contributed by atoms with Crippen molar-refractivity contribution in [1.29, 1.82) is 0 Å². The number of hydrogen-bond donors (Lipinski definition) is 1. The highest BCUT2D eigenvalue weighted by Crippen LogP contribution is 2.22. The van der Waals surface area contributed by atoms with Crippen LogP contribution in [0.4, 0.5) is 0 Å². The third kappa shape index (κ3) is 5.87. The van der Waals surface area contributed by atoms with Gasteiger partial charge in [-0.2, -0.15) is 0 Å². The molecule has 0 aliphatic heterocycles. The summed E-state index contributed by atoms with van der Waals surface area (Å²) in [6.45, 7) is 3.74. The standard InChI is InChI=1S/C15H30N2/c1-17(12-11-16-15-9-10-15)13-14-7-5-3-2-4-6-8-14/h14-16H,2-13H2,1H3. The molecule has 1 N–H and O–H groups in total. The molecule has 0 unspecified atom stereocenters. The molecule has 2 nitrogen and oxygen atoms in total. The Morgan fingerprint density at radius 2 is 1.59 bits per heavy atom. The van der Waals surface area contributed by atoms with E-state index >= 15 is 0 Å². The van der Waals surface area contributed by atoms with E-state index in [0.717, 1.165) is 12.0 Å². The predicted octanol–water partition coefficient (Wildman–Crippen LogP) is 3.03. The van der Waals surface area contributed by atoms with Crippen molar-refractivity contribution in [3.05, 3.63) is 0 Å². The van der Waals surface area contributed by atoms with E-state index in [1.807, 2.05) is 0 Å². The van der Waals surface area contributed by atoms with Gasteiger partial charge in [-0.05, 0) is 38.6 Å². The van der Waals surface area contributed by atoms with Gasteiger partial charge in [-0.25, -0.2) is 0 Å². The summed E-state index contributed by atoms with van der Waals surface area (Å²) in [6.07, 6.45) is 13.1. The lowest BCUT2D eigenvalue weighted by molar-refractivity contribution is 0.243. The molecule has 2 aliphatic rings. The molecule has 2 saturated carbocycles. The first-order valence-corrected chi connectivity index (χ1v) is 7.76. The molecule has 17 heavy (non-hydrogen) atoms. The average Bonchev–Trinajstić information content (AvgIpc) is 3.06. The minimum Gasteiger partial charge on any atom is -0.313 e. The van der Waals surface area contributed by atoms with Gasteiger partial charge in [0.2, 0.25) is 0 Å². The molecule has 0 radical (unpaired) electrons. The third-order valence-electron chi connectivity index (χ3n) is 4.30. The van der Waals surface area contributed by atoms with Gasteiger partial charge in [-0.3, -0.25) is 0 Å². The second-order valence-electron chi connectivity index (χ2n) is 6.20. The monoisotopic (exact) mass is 238 g/mol. The normalized spacial score (nSPS) is 23.6. The van der Waals surface area contributed by atoms with Crippen molar-refractivity contribution >= 4 is 0 Å². The summed E-state index contributed by atoms with van der Waals surface area (Å²) in [4.78, 5) is 2.54. The van der Waals surface area contributed by atoms with Gasteiger partial charge in [0.25, 0.3) is 0 Å². The van der Waals surface area contributed by atoms with Crippen molar-refractivity contribution in [3.63, 3.8) is 0 Å². The highest BCUT2D eigenvalue weighted by molar-refractivity contribution is 4.81. The van der Waals surface area contributed by atoms with Gasteiger partial charge in [0.05, 0.1) is 0 Å². The van der Waals surface area contributed by atoms with Crippen LogP contribution >= 0.6 is 0 Å². The molecule has 0 aromatic carbocycles. The molecule has 0 saturated heterocycles. The Bertz CT molecular complexity index is 193. The molecule has 2 heteroatoms. The SMILES string of the molecule is CN(CCNC1CC1)CC1CCCCCCC1. The lowest BCUT2D eigenvalue weighted by atomic mass is 9.91. The van der Waals surface area contributed by atoms with Crippen molar-refractivity contribution in [3.8, 4) is 0 Å².